The minimum atomic E-state index is -0.506. The molecular weight excluding hydrogens is 290 g/mol. The molecule has 1 aromatic heterocycles. The Hall–Kier alpha value is -2.21. The summed E-state index contributed by atoms with van der Waals surface area (Å²) in [6.45, 7) is 4.01. The van der Waals surface area contributed by atoms with Gasteiger partial charge in [0, 0.05) is 17.2 Å². The van der Waals surface area contributed by atoms with Gasteiger partial charge in [-0.15, -0.1) is 0 Å². The number of benzene rings is 1. The predicted octanol–water partition coefficient (Wildman–Crippen LogP) is 2.66. The standard InChI is InChI=1S/C17H23N5O/c1-3-10(2)14(18)17(23)19-13-6-4-5-12(9-13)16-20-15(21-22-16)11-7-8-11/h4-6,9-11,14H,3,7-8,18H2,1-2H3,(H,19,23)(H,20,21,22). The van der Waals surface area contributed by atoms with Crippen LogP contribution in [0.5, 0.6) is 0 Å². The van der Waals surface area contributed by atoms with E-state index in [9.17, 15) is 4.79 Å². The Labute approximate surface area is 135 Å². The zero-order valence-electron chi connectivity index (χ0n) is 13.5. The van der Waals surface area contributed by atoms with E-state index >= 15 is 0 Å². The molecule has 1 amide bonds. The van der Waals surface area contributed by atoms with E-state index in [2.05, 4.69) is 20.5 Å². The highest BCUT2D eigenvalue weighted by atomic mass is 16.2. The van der Waals surface area contributed by atoms with E-state index in [0.717, 1.165) is 17.8 Å². The molecule has 1 aromatic carbocycles. The Morgan fingerprint density at radius 1 is 1.48 bits per heavy atom. The maximum absolute atomic E-state index is 12.2. The molecule has 6 nitrogen and oxygen atoms in total. The van der Waals surface area contributed by atoms with Crippen molar-refractivity contribution in [2.75, 3.05) is 5.32 Å². The maximum atomic E-state index is 12.2. The van der Waals surface area contributed by atoms with Crippen molar-refractivity contribution in [2.24, 2.45) is 11.7 Å². The lowest BCUT2D eigenvalue weighted by Crippen LogP contribution is -2.40. The Kier molecular flexibility index (Phi) is 4.43. The quantitative estimate of drug-likeness (QED) is 0.763. The summed E-state index contributed by atoms with van der Waals surface area (Å²) in [6, 6.07) is 7.03. The monoisotopic (exact) mass is 313 g/mol. The number of amides is 1. The van der Waals surface area contributed by atoms with Crippen LogP contribution in [0.1, 0.15) is 44.9 Å². The number of nitrogens with two attached hydrogens (primary N) is 1. The number of carbonyl (C=O) groups is 1. The van der Waals surface area contributed by atoms with Crippen LogP contribution >= 0.6 is 0 Å². The van der Waals surface area contributed by atoms with E-state index < -0.39 is 6.04 Å². The van der Waals surface area contributed by atoms with Crippen LogP contribution in [0, 0.1) is 5.92 Å². The molecule has 1 saturated carbocycles. The zero-order chi connectivity index (χ0) is 16.4. The van der Waals surface area contributed by atoms with Crippen molar-refractivity contribution >= 4 is 11.6 Å². The van der Waals surface area contributed by atoms with E-state index in [-0.39, 0.29) is 11.8 Å². The number of hydrogen-bond donors (Lipinski definition) is 3. The summed E-state index contributed by atoms with van der Waals surface area (Å²) >= 11 is 0. The fourth-order valence-corrected chi connectivity index (χ4v) is 2.42. The van der Waals surface area contributed by atoms with Gasteiger partial charge in [0.15, 0.2) is 5.82 Å². The Bertz CT molecular complexity index is 692. The smallest absolute Gasteiger partial charge is 0.241 e. The summed E-state index contributed by atoms with van der Waals surface area (Å²) in [7, 11) is 0. The number of aromatic nitrogens is 3. The number of rotatable bonds is 6. The molecule has 2 unspecified atom stereocenters. The average Bonchev–Trinajstić information content (AvgIpc) is 3.30. The number of nitrogens with one attached hydrogen (secondary N) is 2. The van der Waals surface area contributed by atoms with Gasteiger partial charge in [0.25, 0.3) is 0 Å². The Morgan fingerprint density at radius 3 is 2.96 bits per heavy atom. The van der Waals surface area contributed by atoms with Crippen LogP contribution in [0.25, 0.3) is 11.4 Å². The molecule has 23 heavy (non-hydrogen) atoms. The molecule has 4 N–H and O–H groups in total. The van der Waals surface area contributed by atoms with Gasteiger partial charge in [-0.05, 0) is 30.9 Å². The van der Waals surface area contributed by atoms with Crippen molar-refractivity contribution in [1.82, 2.24) is 15.2 Å². The fourth-order valence-electron chi connectivity index (χ4n) is 2.42. The third kappa shape index (κ3) is 3.59. The normalized spacial score (nSPS) is 16.8. The molecule has 6 heteroatoms. The maximum Gasteiger partial charge on any atom is 0.241 e. The molecule has 3 rings (SSSR count). The minimum absolute atomic E-state index is 0.146. The summed E-state index contributed by atoms with van der Waals surface area (Å²) in [5.41, 5.74) is 7.56. The van der Waals surface area contributed by atoms with Crippen LogP contribution in [-0.4, -0.2) is 27.1 Å². The highest BCUT2D eigenvalue weighted by Crippen LogP contribution is 2.38. The molecule has 1 aliphatic carbocycles. The first-order chi connectivity index (χ1) is 11.1. The Morgan fingerprint density at radius 2 is 2.26 bits per heavy atom. The van der Waals surface area contributed by atoms with Crippen molar-refractivity contribution in [3.8, 4) is 11.4 Å². The molecule has 0 spiro atoms. The van der Waals surface area contributed by atoms with Crippen LogP contribution < -0.4 is 11.1 Å². The van der Waals surface area contributed by atoms with Gasteiger partial charge in [-0.3, -0.25) is 9.89 Å². The van der Waals surface area contributed by atoms with E-state index in [1.165, 1.54) is 12.8 Å². The molecule has 0 bridgehead atoms. The van der Waals surface area contributed by atoms with Gasteiger partial charge < -0.3 is 11.1 Å². The number of H-pyrrole nitrogens is 1. The second-order valence-corrected chi connectivity index (χ2v) is 6.30. The average molecular weight is 313 g/mol. The number of nitrogens with zero attached hydrogens (tertiary/aromatic N) is 2. The first-order valence-corrected chi connectivity index (χ1v) is 8.17. The molecule has 1 aliphatic rings. The topological polar surface area (TPSA) is 96.7 Å². The number of hydrogen-bond acceptors (Lipinski definition) is 4. The molecule has 0 saturated heterocycles. The SMILES string of the molecule is CCC(C)C(N)C(=O)Nc1cccc(-c2n[nH]c(C3CC3)n2)c1. The van der Waals surface area contributed by atoms with Crippen LogP contribution in [-0.2, 0) is 4.79 Å². The van der Waals surface area contributed by atoms with Gasteiger partial charge in [-0.2, -0.15) is 5.10 Å². The van der Waals surface area contributed by atoms with Crippen molar-refractivity contribution in [1.29, 1.82) is 0 Å². The van der Waals surface area contributed by atoms with Crippen molar-refractivity contribution in [3.05, 3.63) is 30.1 Å². The van der Waals surface area contributed by atoms with E-state index in [0.29, 0.717) is 17.4 Å². The first-order valence-electron chi connectivity index (χ1n) is 8.17. The summed E-state index contributed by atoms with van der Waals surface area (Å²) in [5.74, 6) is 2.13. The third-order valence-electron chi connectivity index (χ3n) is 4.41. The highest BCUT2D eigenvalue weighted by Gasteiger charge is 2.27. The lowest BCUT2D eigenvalue weighted by Gasteiger charge is -2.17. The van der Waals surface area contributed by atoms with Crippen LogP contribution in [0.4, 0.5) is 5.69 Å². The number of carbonyl (C=O) groups excluding carboxylic acids is 1. The molecule has 2 atom stereocenters. The van der Waals surface area contributed by atoms with Crippen molar-refractivity contribution in [2.45, 2.75) is 45.1 Å². The predicted molar refractivity (Wildman–Crippen MR) is 89.9 cm³/mol. The summed E-state index contributed by atoms with van der Waals surface area (Å²) in [6.07, 6.45) is 3.23. The number of aromatic amines is 1. The molecule has 1 heterocycles. The molecule has 0 aliphatic heterocycles. The Balaban J connectivity index is 1.72. The summed E-state index contributed by atoms with van der Waals surface area (Å²) in [5, 5.41) is 10.1. The molecule has 0 radical (unpaired) electrons. The van der Waals surface area contributed by atoms with E-state index in [4.69, 9.17) is 5.73 Å². The van der Waals surface area contributed by atoms with Crippen molar-refractivity contribution < 1.29 is 4.79 Å². The lowest BCUT2D eigenvalue weighted by molar-refractivity contribution is -0.118. The fraction of sp³-hybridized carbons (Fsp3) is 0.471. The highest BCUT2D eigenvalue weighted by molar-refractivity contribution is 5.95. The summed E-state index contributed by atoms with van der Waals surface area (Å²) < 4.78 is 0. The van der Waals surface area contributed by atoms with Gasteiger partial charge >= 0.3 is 0 Å². The lowest BCUT2D eigenvalue weighted by atomic mass is 9.99. The molecule has 122 valence electrons. The summed E-state index contributed by atoms with van der Waals surface area (Å²) in [4.78, 5) is 16.7. The van der Waals surface area contributed by atoms with Gasteiger partial charge in [0.2, 0.25) is 5.91 Å². The van der Waals surface area contributed by atoms with Gasteiger partial charge in [0.05, 0.1) is 6.04 Å². The second-order valence-electron chi connectivity index (χ2n) is 6.30. The zero-order valence-corrected chi connectivity index (χ0v) is 13.5. The molecule has 1 fully saturated rings. The van der Waals surface area contributed by atoms with Gasteiger partial charge in [-0.25, -0.2) is 4.98 Å². The van der Waals surface area contributed by atoms with Crippen LogP contribution in [0.3, 0.4) is 0 Å². The first kappa shape index (κ1) is 15.7. The van der Waals surface area contributed by atoms with Gasteiger partial charge in [0.1, 0.15) is 5.82 Å². The molecular formula is C17H23N5O. The van der Waals surface area contributed by atoms with Crippen LogP contribution in [0.15, 0.2) is 24.3 Å². The van der Waals surface area contributed by atoms with E-state index in [1.54, 1.807) is 0 Å². The number of anilines is 1. The van der Waals surface area contributed by atoms with Gasteiger partial charge in [-0.1, -0.05) is 32.4 Å². The minimum Gasteiger partial charge on any atom is -0.325 e. The largest absolute Gasteiger partial charge is 0.325 e. The van der Waals surface area contributed by atoms with Crippen LogP contribution in [0.2, 0.25) is 0 Å². The van der Waals surface area contributed by atoms with E-state index in [1.807, 2.05) is 38.1 Å². The second kappa shape index (κ2) is 6.50. The van der Waals surface area contributed by atoms with Crippen molar-refractivity contribution in [3.63, 3.8) is 0 Å². The molecule has 2 aromatic rings. The third-order valence-corrected chi connectivity index (χ3v) is 4.41.